The molecule has 0 radical (unpaired) electrons. The minimum absolute atomic E-state index is 0.407. The topological polar surface area (TPSA) is 39.4 Å². The second kappa shape index (κ2) is 3.29. The molecule has 0 unspecified atom stereocenters. The van der Waals surface area contributed by atoms with Gasteiger partial charge in [0.2, 0.25) is 5.88 Å². The van der Waals surface area contributed by atoms with Crippen molar-refractivity contribution in [3.8, 4) is 5.88 Å². The van der Waals surface area contributed by atoms with Gasteiger partial charge in [-0.25, -0.2) is 9.50 Å². The van der Waals surface area contributed by atoms with Gasteiger partial charge in [-0.2, -0.15) is 0 Å². The van der Waals surface area contributed by atoms with Crippen LogP contribution in [0.5, 0.6) is 5.88 Å². The average Bonchev–Trinajstić information content (AvgIpc) is 2.59. The zero-order valence-corrected chi connectivity index (χ0v) is 8.56. The van der Waals surface area contributed by atoms with Crippen molar-refractivity contribution in [2.45, 2.75) is 19.8 Å². The molecule has 0 aliphatic carbocycles. The molecule has 2 aromatic rings. The molecular formula is C10H13N3O. The lowest BCUT2D eigenvalue weighted by molar-refractivity contribution is 0.389. The number of ether oxygens (including phenoxy) is 1. The second-order valence-corrected chi connectivity index (χ2v) is 3.48. The fraction of sp³-hybridized carbons (Fsp3) is 0.400. The predicted molar refractivity (Wildman–Crippen MR) is 53.6 cm³/mol. The van der Waals surface area contributed by atoms with E-state index in [-0.39, 0.29) is 0 Å². The zero-order valence-electron chi connectivity index (χ0n) is 8.56. The van der Waals surface area contributed by atoms with Gasteiger partial charge in [-0.15, -0.1) is 5.10 Å². The third-order valence-corrected chi connectivity index (χ3v) is 2.16. The summed E-state index contributed by atoms with van der Waals surface area (Å²) in [6, 6.07) is 3.71. The summed E-state index contributed by atoms with van der Waals surface area (Å²) in [5, 5.41) is 4.31. The molecule has 74 valence electrons. The molecule has 0 saturated carbocycles. The molecule has 0 amide bonds. The van der Waals surface area contributed by atoms with E-state index >= 15 is 0 Å². The monoisotopic (exact) mass is 191 g/mol. The maximum atomic E-state index is 5.07. The highest BCUT2D eigenvalue weighted by molar-refractivity contribution is 5.40. The van der Waals surface area contributed by atoms with Crippen molar-refractivity contribution >= 4 is 5.65 Å². The summed E-state index contributed by atoms with van der Waals surface area (Å²) in [6.45, 7) is 4.23. The number of imidazole rings is 1. The number of methoxy groups -OCH3 is 1. The van der Waals surface area contributed by atoms with Gasteiger partial charge < -0.3 is 4.74 Å². The van der Waals surface area contributed by atoms with E-state index in [4.69, 9.17) is 4.74 Å². The molecule has 0 saturated heterocycles. The van der Waals surface area contributed by atoms with Gasteiger partial charge in [-0.3, -0.25) is 0 Å². The van der Waals surface area contributed by atoms with Gasteiger partial charge in [0.15, 0.2) is 5.65 Å². The van der Waals surface area contributed by atoms with Crippen molar-refractivity contribution in [1.82, 2.24) is 14.6 Å². The Morgan fingerprint density at radius 2 is 2.14 bits per heavy atom. The van der Waals surface area contributed by atoms with Crippen LogP contribution in [-0.2, 0) is 0 Å². The molecule has 0 aliphatic rings. The molecule has 0 bridgehead atoms. The third-order valence-electron chi connectivity index (χ3n) is 2.16. The zero-order chi connectivity index (χ0) is 10.1. The van der Waals surface area contributed by atoms with E-state index in [2.05, 4.69) is 23.9 Å². The van der Waals surface area contributed by atoms with Gasteiger partial charge in [0.05, 0.1) is 19.0 Å². The maximum Gasteiger partial charge on any atom is 0.231 e. The SMILES string of the molecule is COc1ccc2ncc(C(C)C)n2n1. The number of hydrogen-bond donors (Lipinski definition) is 0. The summed E-state index contributed by atoms with van der Waals surface area (Å²) in [6.07, 6.45) is 1.85. The lowest BCUT2D eigenvalue weighted by Gasteiger charge is -2.04. The van der Waals surface area contributed by atoms with Crippen LogP contribution in [0.4, 0.5) is 0 Å². The van der Waals surface area contributed by atoms with Crippen molar-refractivity contribution in [3.05, 3.63) is 24.0 Å². The molecule has 0 N–H and O–H groups in total. The normalized spacial score (nSPS) is 11.1. The average molecular weight is 191 g/mol. The first-order valence-electron chi connectivity index (χ1n) is 4.61. The Morgan fingerprint density at radius 1 is 1.36 bits per heavy atom. The van der Waals surface area contributed by atoms with Crippen LogP contribution in [0.1, 0.15) is 25.5 Å². The van der Waals surface area contributed by atoms with Crippen LogP contribution in [0.15, 0.2) is 18.3 Å². The smallest absolute Gasteiger partial charge is 0.231 e. The van der Waals surface area contributed by atoms with E-state index in [0.717, 1.165) is 11.3 Å². The lowest BCUT2D eigenvalue weighted by Crippen LogP contribution is -2.00. The summed E-state index contributed by atoms with van der Waals surface area (Å²) in [7, 11) is 1.61. The fourth-order valence-corrected chi connectivity index (χ4v) is 1.38. The molecular weight excluding hydrogens is 178 g/mol. The number of fused-ring (bicyclic) bond motifs is 1. The van der Waals surface area contributed by atoms with Gasteiger partial charge in [-0.05, 0) is 12.0 Å². The minimum atomic E-state index is 0.407. The van der Waals surface area contributed by atoms with Crippen molar-refractivity contribution in [3.63, 3.8) is 0 Å². The molecule has 0 aromatic carbocycles. The molecule has 0 spiro atoms. The maximum absolute atomic E-state index is 5.07. The van der Waals surface area contributed by atoms with Crippen molar-refractivity contribution in [2.75, 3.05) is 7.11 Å². The van der Waals surface area contributed by atoms with Crippen LogP contribution in [0.25, 0.3) is 5.65 Å². The first kappa shape index (κ1) is 8.99. The van der Waals surface area contributed by atoms with E-state index in [0.29, 0.717) is 11.8 Å². The summed E-state index contributed by atoms with van der Waals surface area (Å²) in [5.41, 5.74) is 1.95. The van der Waals surface area contributed by atoms with E-state index in [9.17, 15) is 0 Å². The van der Waals surface area contributed by atoms with Crippen LogP contribution >= 0.6 is 0 Å². The third kappa shape index (κ3) is 1.32. The molecule has 2 heterocycles. The minimum Gasteiger partial charge on any atom is -0.480 e. The number of nitrogens with zero attached hydrogens (tertiary/aromatic N) is 3. The van der Waals surface area contributed by atoms with Gasteiger partial charge in [-0.1, -0.05) is 13.8 Å². The Kier molecular flexibility index (Phi) is 2.11. The highest BCUT2D eigenvalue weighted by Gasteiger charge is 2.08. The standard InChI is InChI=1S/C10H13N3O/c1-7(2)8-6-11-9-4-5-10(14-3)12-13(8)9/h4-7H,1-3H3. The number of rotatable bonds is 2. The fourth-order valence-electron chi connectivity index (χ4n) is 1.38. The summed E-state index contributed by atoms with van der Waals surface area (Å²) >= 11 is 0. The van der Waals surface area contributed by atoms with Crippen molar-refractivity contribution < 1.29 is 4.74 Å². The first-order valence-corrected chi connectivity index (χ1v) is 4.61. The number of hydrogen-bond acceptors (Lipinski definition) is 3. The quantitative estimate of drug-likeness (QED) is 0.727. The van der Waals surface area contributed by atoms with Crippen molar-refractivity contribution in [1.29, 1.82) is 0 Å². The summed E-state index contributed by atoms with van der Waals surface area (Å²) in [5.74, 6) is 1.02. The molecule has 0 aliphatic heterocycles. The summed E-state index contributed by atoms with van der Waals surface area (Å²) in [4.78, 5) is 4.26. The molecule has 14 heavy (non-hydrogen) atoms. The molecule has 4 nitrogen and oxygen atoms in total. The van der Waals surface area contributed by atoms with Crippen LogP contribution < -0.4 is 4.74 Å². The Hall–Kier alpha value is -1.58. The van der Waals surface area contributed by atoms with E-state index < -0.39 is 0 Å². The highest BCUT2D eigenvalue weighted by Crippen LogP contribution is 2.16. The van der Waals surface area contributed by atoms with E-state index in [1.165, 1.54) is 0 Å². The molecule has 0 atom stereocenters. The van der Waals surface area contributed by atoms with Gasteiger partial charge >= 0.3 is 0 Å². The number of aromatic nitrogens is 3. The van der Waals surface area contributed by atoms with Gasteiger partial charge in [0, 0.05) is 6.07 Å². The van der Waals surface area contributed by atoms with E-state index in [1.54, 1.807) is 7.11 Å². The van der Waals surface area contributed by atoms with Crippen LogP contribution in [0.3, 0.4) is 0 Å². The molecule has 2 aromatic heterocycles. The molecule has 2 rings (SSSR count). The van der Waals surface area contributed by atoms with Crippen molar-refractivity contribution in [2.24, 2.45) is 0 Å². The van der Waals surface area contributed by atoms with Gasteiger partial charge in [0.25, 0.3) is 0 Å². The van der Waals surface area contributed by atoms with Gasteiger partial charge in [0.1, 0.15) is 0 Å². The lowest BCUT2D eigenvalue weighted by atomic mass is 10.2. The largest absolute Gasteiger partial charge is 0.480 e. The Morgan fingerprint density at radius 3 is 2.79 bits per heavy atom. The Labute approximate surface area is 82.5 Å². The molecule has 4 heteroatoms. The second-order valence-electron chi connectivity index (χ2n) is 3.48. The molecule has 0 fully saturated rings. The highest BCUT2D eigenvalue weighted by atomic mass is 16.5. The van der Waals surface area contributed by atoms with Crippen LogP contribution in [-0.4, -0.2) is 21.7 Å². The first-order chi connectivity index (χ1) is 6.72. The Balaban J connectivity index is 2.63. The Bertz CT molecular complexity index is 448. The van der Waals surface area contributed by atoms with Crippen LogP contribution in [0, 0.1) is 0 Å². The predicted octanol–water partition coefficient (Wildman–Crippen LogP) is 1.86. The summed E-state index contributed by atoms with van der Waals surface area (Å²) < 4.78 is 6.89. The van der Waals surface area contributed by atoms with Crippen LogP contribution in [0.2, 0.25) is 0 Å². The van der Waals surface area contributed by atoms with E-state index in [1.807, 2.05) is 22.8 Å².